The van der Waals surface area contributed by atoms with Crippen LogP contribution in [-0.2, 0) is 0 Å². The molecule has 21 heavy (non-hydrogen) atoms. The molecule has 6 nitrogen and oxygen atoms in total. The van der Waals surface area contributed by atoms with Crippen LogP contribution in [0.15, 0.2) is 4.52 Å². The minimum Gasteiger partial charge on any atom is -0.396 e. The summed E-state index contributed by atoms with van der Waals surface area (Å²) in [6, 6.07) is 0.200. The van der Waals surface area contributed by atoms with E-state index in [-0.39, 0.29) is 18.7 Å². The molecule has 1 atom stereocenters. The topological polar surface area (TPSA) is 78.6 Å². The molecule has 1 saturated carbocycles. The molecule has 1 unspecified atom stereocenters. The molecule has 118 valence electrons. The van der Waals surface area contributed by atoms with E-state index in [1.54, 1.807) is 0 Å². The van der Waals surface area contributed by atoms with Crippen LogP contribution in [0.25, 0.3) is 0 Å². The highest BCUT2D eigenvalue weighted by Crippen LogP contribution is 2.28. The summed E-state index contributed by atoms with van der Waals surface area (Å²) in [5.41, 5.74) is 1.77. The number of urea groups is 1. The Labute approximate surface area is 125 Å². The molecule has 0 saturated heterocycles. The van der Waals surface area contributed by atoms with Crippen molar-refractivity contribution in [3.05, 3.63) is 17.0 Å². The zero-order valence-electron chi connectivity index (χ0n) is 13.1. The third kappa shape index (κ3) is 3.97. The Hall–Kier alpha value is -1.56. The smallest absolute Gasteiger partial charge is 0.318 e. The number of aliphatic hydroxyl groups excluding tert-OH is 1. The molecule has 1 aliphatic carbocycles. The van der Waals surface area contributed by atoms with Crippen LogP contribution in [0.2, 0.25) is 0 Å². The zero-order valence-corrected chi connectivity index (χ0v) is 13.1. The Morgan fingerprint density at radius 2 is 2.19 bits per heavy atom. The van der Waals surface area contributed by atoms with Crippen molar-refractivity contribution in [1.82, 2.24) is 15.4 Å². The molecule has 0 aliphatic heterocycles. The quantitative estimate of drug-likeness (QED) is 0.757. The lowest BCUT2D eigenvalue weighted by molar-refractivity contribution is 0.187. The number of nitrogens with one attached hydrogen (secondary N) is 1. The second kappa shape index (κ2) is 6.93. The van der Waals surface area contributed by atoms with Crippen molar-refractivity contribution in [2.45, 2.75) is 58.5 Å². The molecule has 1 fully saturated rings. The molecule has 6 heteroatoms. The van der Waals surface area contributed by atoms with E-state index in [1.165, 1.54) is 0 Å². The molecule has 1 aromatic rings. The summed E-state index contributed by atoms with van der Waals surface area (Å²) < 4.78 is 5.16. The fourth-order valence-electron chi connectivity index (χ4n) is 2.68. The number of carbonyl (C=O) groups is 1. The number of hydrogen-bond donors (Lipinski definition) is 2. The molecule has 1 aliphatic rings. The van der Waals surface area contributed by atoms with Crippen molar-refractivity contribution in [3.63, 3.8) is 0 Å². The van der Waals surface area contributed by atoms with Crippen molar-refractivity contribution in [2.24, 2.45) is 0 Å². The normalized spacial score (nSPS) is 15.8. The second-order valence-electron chi connectivity index (χ2n) is 5.76. The third-order valence-electron chi connectivity index (χ3n) is 3.92. The Morgan fingerprint density at radius 1 is 1.48 bits per heavy atom. The van der Waals surface area contributed by atoms with Crippen LogP contribution in [0.4, 0.5) is 4.79 Å². The summed E-state index contributed by atoms with van der Waals surface area (Å²) in [5.74, 6) is 0.749. The maximum absolute atomic E-state index is 12.4. The van der Waals surface area contributed by atoms with Crippen molar-refractivity contribution < 1.29 is 14.4 Å². The number of carbonyl (C=O) groups excluding carboxylic acids is 1. The van der Waals surface area contributed by atoms with E-state index in [2.05, 4.69) is 10.5 Å². The molecule has 0 radical (unpaired) electrons. The molecule has 1 aromatic heterocycles. The van der Waals surface area contributed by atoms with Crippen LogP contribution in [0, 0.1) is 13.8 Å². The van der Waals surface area contributed by atoms with E-state index in [0.29, 0.717) is 12.6 Å². The predicted octanol–water partition coefficient (Wildman–Crippen LogP) is 2.30. The predicted molar refractivity (Wildman–Crippen MR) is 79.0 cm³/mol. The summed E-state index contributed by atoms with van der Waals surface area (Å²) >= 11 is 0. The molecule has 0 bridgehead atoms. The molecular weight excluding hydrogens is 270 g/mol. The van der Waals surface area contributed by atoms with Crippen LogP contribution >= 0.6 is 0 Å². The number of unbranched alkanes of at least 4 members (excludes halogenated alkanes) is 1. The molecule has 1 heterocycles. The van der Waals surface area contributed by atoms with Gasteiger partial charge in [-0.3, -0.25) is 0 Å². The largest absolute Gasteiger partial charge is 0.396 e. The molecule has 2 rings (SSSR count). The highest BCUT2D eigenvalue weighted by atomic mass is 16.5. The van der Waals surface area contributed by atoms with Crippen LogP contribution in [0.5, 0.6) is 0 Å². The van der Waals surface area contributed by atoms with Crippen LogP contribution in [0.3, 0.4) is 0 Å². The lowest BCUT2D eigenvalue weighted by atomic mass is 10.1. The first-order chi connectivity index (χ1) is 10.0. The summed E-state index contributed by atoms with van der Waals surface area (Å²) in [5, 5.41) is 15.8. The van der Waals surface area contributed by atoms with Gasteiger partial charge in [0, 0.05) is 24.8 Å². The number of hydrogen-bond acceptors (Lipinski definition) is 4. The van der Waals surface area contributed by atoms with Crippen LogP contribution in [-0.4, -0.2) is 40.4 Å². The van der Waals surface area contributed by atoms with Gasteiger partial charge >= 0.3 is 6.03 Å². The summed E-state index contributed by atoms with van der Waals surface area (Å²) in [6.07, 6.45) is 3.72. The highest BCUT2D eigenvalue weighted by molar-refractivity contribution is 5.75. The minimum atomic E-state index is -0.122. The van der Waals surface area contributed by atoms with Gasteiger partial charge in [0.1, 0.15) is 5.76 Å². The van der Waals surface area contributed by atoms with E-state index in [4.69, 9.17) is 9.63 Å². The van der Waals surface area contributed by atoms with Gasteiger partial charge in [-0.2, -0.15) is 0 Å². The fraction of sp³-hybridized carbons (Fsp3) is 0.733. The monoisotopic (exact) mass is 295 g/mol. The van der Waals surface area contributed by atoms with Crippen molar-refractivity contribution in [1.29, 1.82) is 0 Å². The van der Waals surface area contributed by atoms with E-state index in [1.807, 2.05) is 25.7 Å². The number of aromatic nitrogens is 1. The highest BCUT2D eigenvalue weighted by Gasteiger charge is 2.33. The lowest BCUT2D eigenvalue weighted by Crippen LogP contribution is -2.43. The Morgan fingerprint density at radius 3 is 2.71 bits per heavy atom. The SMILES string of the molecule is Cc1noc(C)c1C(C)NC(=O)N(CCCCO)C1CC1. The summed E-state index contributed by atoms with van der Waals surface area (Å²) in [4.78, 5) is 14.3. The Balaban J connectivity index is 1.95. The second-order valence-corrected chi connectivity index (χ2v) is 5.76. The maximum Gasteiger partial charge on any atom is 0.318 e. The first-order valence-corrected chi connectivity index (χ1v) is 7.65. The molecule has 2 N–H and O–H groups in total. The van der Waals surface area contributed by atoms with Gasteiger partial charge in [0.15, 0.2) is 0 Å². The first kappa shape index (κ1) is 15.8. The number of nitrogens with zero attached hydrogens (tertiary/aromatic N) is 2. The molecule has 0 aromatic carbocycles. The Kier molecular flexibility index (Phi) is 5.22. The fourth-order valence-corrected chi connectivity index (χ4v) is 2.68. The van der Waals surface area contributed by atoms with Crippen molar-refractivity contribution in [2.75, 3.05) is 13.2 Å². The minimum absolute atomic E-state index is 0.0389. The standard InChI is InChI=1S/C15H25N3O3/c1-10(14-11(2)17-21-12(14)3)16-15(20)18(13-6-7-13)8-4-5-9-19/h10,13,19H,4-9H2,1-3H3,(H,16,20). The van der Waals surface area contributed by atoms with Gasteiger partial charge in [-0.05, 0) is 46.5 Å². The first-order valence-electron chi connectivity index (χ1n) is 7.65. The third-order valence-corrected chi connectivity index (χ3v) is 3.92. The van der Waals surface area contributed by atoms with Gasteiger partial charge in [0.25, 0.3) is 0 Å². The van der Waals surface area contributed by atoms with Gasteiger partial charge in [-0.1, -0.05) is 5.16 Å². The van der Waals surface area contributed by atoms with Crippen LogP contribution < -0.4 is 5.32 Å². The average Bonchev–Trinajstić information content (AvgIpc) is 3.20. The molecule has 0 spiro atoms. The molecule has 2 amide bonds. The van der Waals surface area contributed by atoms with Crippen LogP contribution in [0.1, 0.15) is 55.7 Å². The van der Waals surface area contributed by atoms with Gasteiger partial charge in [0.05, 0.1) is 11.7 Å². The summed E-state index contributed by atoms with van der Waals surface area (Å²) in [7, 11) is 0. The number of aliphatic hydroxyl groups is 1. The van der Waals surface area contributed by atoms with E-state index in [9.17, 15) is 4.79 Å². The molecular formula is C15H25N3O3. The van der Waals surface area contributed by atoms with E-state index < -0.39 is 0 Å². The van der Waals surface area contributed by atoms with Gasteiger partial charge in [-0.25, -0.2) is 4.79 Å². The average molecular weight is 295 g/mol. The summed E-state index contributed by atoms with van der Waals surface area (Å²) in [6.45, 7) is 6.57. The number of amides is 2. The van der Waals surface area contributed by atoms with Crippen molar-refractivity contribution in [3.8, 4) is 0 Å². The Bertz CT molecular complexity index is 463. The van der Waals surface area contributed by atoms with Gasteiger partial charge in [0.2, 0.25) is 0 Å². The lowest BCUT2D eigenvalue weighted by Gasteiger charge is -2.25. The maximum atomic E-state index is 12.4. The number of aryl methyl sites for hydroxylation is 2. The van der Waals surface area contributed by atoms with Gasteiger partial charge < -0.3 is 19.8 Å². The zero-order chi connectivity index (χ0) is 15.4. The van der Waals surface area contributed by atoms with E-state index in [0.717, 1.165) is 42.7 Å². The van der Waals surface area contributed by atoms with E-state index >= 15 is 0 Å². The van der Waals surface area contributed by atoms with Crippen molar-refractivity contribution >= 4 is 6.03 Å². The van der Waals surface area contributed by atoms with Gasteiger partial charge in [-0.15, -0.1) is 0 Å². The number of rotatable bonds is 7.